The molecule has 3 N–H and O–H groups in total. The zero-order valence-corrected chi connectivity index (χ0v) is 18.1. The Morgan fingerprint density at radius 3 is 2.21 bits per heavy atom. The Kier molecular flexibility index (Phi) is 5.33. The maximum Gasteiger partial charge on any atom is 0.329 e. The molecule has 8 heteroatoms. The van der Waals surface area contributed by atoms with Crippen LogP contribution in [0.25, 0.3) is 0 Å². The molecule has 2 aliphatic carbocycles. The van der Waals surface area contributed by atoms with Crippen molar-refractivity contribution in [1.82, 2.24) is 4.72 Å². The van der Waals surface area contributed by atoms with Gasteiger partial charge in [0.25, 0.3) is 0 Å². The largest absolute Gasteiger partial charge is 0.436 e. The van der Waals surface area contributed by atoms with E-state index in [2.05, 4.69) is 10.0 Å². The molecule has 0 saturated carbocycles. The molecule has 0 unspecified atom stereocenters. The zero-order chi connectivity index (χ0) is 20.1. The van der Waals surface area contributed by atoms with E-state index in [1.807, 2.05) is 0 Å². The fourth-order valence-electron chi connectivity index (χ4n) is 4.09. The highest BCUT2D eigenvalue weighted by Crippen LogP contribution is 2.44. The van der Waals surface area contributed by atoms with Gasteiger partial charge in [0.05, 0.1) is 5.60 Å². The van der Waals surface area contributed by atoms with Crippen molar-refractivity contribution in [2.24, 2.45) is 0 Å². The standard InChI is InChI=1S/C20H22Cl2N2O3S/c1-20(2,26)14-9-15(27-18(14)22)28-24-19(25)23-17-12-7-3-5-10(12)16(21)11-6-4-8-13(11)17/h9,26H,3-8H2,1-2H3,(H2,23,24,25). The monoisotopic (exact) mass is 440 g/mol. The van der Waals surface area contributed by atoms with Crippen molar-refractivity contribution >= 4 is 46.9 Å². The minimum Gasteiger partial charge on any atom is -0.436 e. The molecule has 2 aromatic rings. The van der Waals surface area contributed by atoms with Crippen LogP contribution in [-0.4, -0.2) is 11.1 Å². The highest BCUT2D eigenvalue weighted by molar-refractivity contribution is 7.97. The summed E-state index contributed by atoms with van der Waals surface area (Å²) in [7, 11) is 0. The van der Waals surface area contributed by atoms with E-state index in [-0.39, 0.29) is 11.3 Å². The minimum absolute atomic E-state index is 0.116. The van der Waals surface area contributed by atoms with Gasteiger partial charge in [-0.2, -0.15) is 0 Å². The molecule has 0 saturated heterocycles. The summed E-state index contributed by atoms with van der Waals surface area (Å²) < 4.78 is 8.15. The Bertz CT molecular complexity index is 915. The normalized spacial score (nSPS) is 15.5. The summed E-state index contributed by atoms with van der Waals surface area (Å²) in [5, 5.41) is 14.6. The van der Waals surface area contributed by atoms with Gasteiger partial charge in [0.1, 0.15) is 0 Å². The highest BCUT2D eigenvalue weighted by atomic mass is 35.5. The van der Waals surface area contributed by atoms with Gasteiger partial charge < -0.3 is 14.8 Å². The molecule has 2 amide bonds. The summed E-state index contributed by atoms with van der Waals surface area (Å²) in [5.74, 6) is 0. The van der Waals surface area contributed by atoms with Gasteiger partial charge in [-0.25, -0.2) is 4.79 Å². The Morgan fingerprint density at radius 1 is 1.11 bits per heavy atom. The second-order valence-electron chi connectivity index (χ2n) is 7.78. The number of hydrogen-bond donors (Lipinski definition) is 3. The average Bonchev–Trinajstić information content (AvgIpc) is 3.34. The van der Waals surface area contributed by atoms with Gasteiger partial charge >= 0.3 is 6.03 Å². The Labute approximate surface area is 178 Å². The number of anilines is 1. The maximum absolute atomic E-state index is 12.6. The molecule has 0 radical (unpaired) electrons. The van der Waals surface area contributed by atoms with Crippen molar-refractivity contribution < 1.29 is 14.3 Å². The number of aliphatic hydroxyl groups is 1. The molecule has 0 fully saturated rings. The number of amides is 2. The maximum atomic E-state index is 12.6. The number of carbonyl (C=O) groups is 1. The van der Waals surface area contributed by atoms with Crippen molar-refractivity contribution in [2.75, 3.05) is 5.32 Å². The van der Waals surface area contributed by atoms with Gasteiger partial charge in [0.2, 0.25) is 5.22 Å². The Hall–Kier alpha value is -1.34. The van der Waals surface area contributed by atoms with E-state index in [0.29, 0.717) is 10.7 Å². The number of rotatable bonds is 4. The van der Waals surface area contributed by atoms with Crippen LogP contribution < -0.4 is 10.0 Å². The zero-order valence-electron chi connectivity index (χ0n) is 15.7. The van der Waals surface area contributed by atoms with Crippen LogP contribution in [-0.2, 0) is 31.3 Å². The van der Waals surface area contributed by atoms with Crippen molar-refractivity contribution in [1.29, 1.82) is 0 Å². The van der Waals surface area contributed by atoms with Gasteiger partial charge in [0, 0.05) is 34.3 Å². The first-order valence-electron chi connectivity index (χ1n) is 9.36. The molecule has 1 heterocycles. The van der Waals surface area contributed by atoms with Crippen LogP contribution in [0, 0.1) is 0 Å². The van der Waals surface area contributed by atoms with Gasteiger partial charge in [-0.1, -0.05) is 11.6 Å². The van der Waals surface area contributed by atoms with E-state index < -0.39 is 5.60 Å². The number of fused-ring (bicyclic) bond motifs is 2. The predicted molar refractivity (Wildman–Crippen MR) is 112 cm³/mol. The summed E-state index contributed by atoms with van der Waals surface area (Å²) >= 11 is 13.7. The van der Waals surface area contributed by atoms with Gasteiger partial charge in [-0.3, -0.25) is 4.72 Å². The lowest BCUT2D eigenvalue weighted by Gasteiger charge is -2.17. The summed E-state index contributed by atoms with van der Waals surface area (Å²) in [4.78, 5) is 12.6. The lowest BCUT2D eigenvalue weighted by molar-refractivity contribution is 0.0781. The topological polar surface area (TPSA) is 74.5 Å². The molecule has 4 rings (SSSR count). The third-order valence-electron chi connectivity index (χ3n) is 5.38. The Morgan fingerprint density at radius 2 is 1.68 bits per heavy atom. The minimum atomic E-state index is -1.12. The van der Waals surface area contributed by atoms with E-state index in [1.54, 1.807) is 19.9 Å². The first-order valence-corrected chi connectivity index (χ1v) is 10.9. The lowest BCUT2D eigenvalue weighted by atomic mass is 9.98. The van der Waals surface area contributed by atoms with Gasteiger partial charge in [-0.05, 0) is 86.2 Å². The molecule has 0 spiro atoms. The van der Waals surface area contributed by atoms with Crippen LogP contribution in [0.4, 0.5) is 10.5 Å². The van der Waals surface area contributed by atoms with Crippen LogP contribution in [0.1, 0.15) is 54.5 Å². The van der Waals surface area contributed by atoms with Crippen LogP contribution in [0.15, 0.2) is 15.6 Å². The average molecular weight is 441 g/mol. The van der Waals surface area contributed by atoms with E-state index in [1.165, 1.54) is 22.3 Å². The first kappa shape index (κ1) is 20.0. The first-order chi connectivity index (χ1) is 13.3. The molecule has 0 aliphatic heterocycles. The number of halogens is 2. The third kappa shape index (κ3) is 3.63. The molecule has 5 nitrogen and oxygen atoms in total. The summed E-state index contributed by atoms with van der Waals surface area (Å²) in [6, 6.07) is 1.30. The fraction of sp³-hybridized carbons (Fsp3) is 0.450. The molecule has 0 atom stereocenters. The smallest absolute Gasteiger partial charge is 0.329 e. The molecular weight excluding hydrogens is 419 g/mol. The van der Waals surface area contributed by atoms with Crippen molar-refractivity contribution in [3.05, 3.63) is 44.1 Å². The van der Waals surface area contributed by atoms with Crippen molar-refractivity contribution in [3.63, 3.8) is 0 Å². The summed E-state index contributed by atoms with van der Waals surface area (Å²) in [6.07, 6.45) is 5.94. The number of carbonyl (C=O) groups excluding carboxylic acids is 1. The van der Waals surface area contributed by atoms with Crippen LogP contribution in [0.5, 0.6) is 0 Å². The van der Waals surface area contributed by atoms with E-state index in [4.69, 9.17) is 27.6 Å². The fourth-order valence-corrected chi connectivity index (χ4v) is 5.47. The number of urea groups is 1. The Balaban J connectivity index is 1.50. The summed E-state index contributed by atoms with van der Waals surface area (Å²) in [6.45, 7) is 3.25. The molecule has 1 aromatic carbocycles. The molecule has 1 aromatic heterocycles. The van der Waals surface area contributed by atoms with E-state index in [9.17, 15) is 9.90 Å². The molecule has 0 bridgehead atoms. The van der Waals surface area contributed by atoms with Crippen molar-refractivity contribution in [3.8, 4) is 0 Å². The highest BCUT2D eigenvalue weighted by Gasteiger charge is 2.29. The van der Waals surface area contributed by atoms with Crippen LogP contribution in [0.3, 0.4) is 0 Å². The van der Waals surface area contributed by atoms with Gasteiger partial charge in [-0.15, -0.1) is 0 Å². The van der Waals surface area contributed by atoms with Crippen molar-refractivity contribution in [2.45, 2.75) is 63.1 Å². The third-order valence-corrected chi connectivity index (χ3v) is 6.80. The van der Waals surface area contributed by atoms with E-state index >= 15 is 0 Å². The number of benzene rings is 1. The molecule has 28 heavy (non-hydrogen) atoms. The molecule has 150 valence electrons. The predicted octanol–water partition coefficient (Wildman–Crippen LogP) is 5.62. The molecule has 2 aliphatic rings. The number of furan rings is 1. The second-order valence-corrected chi connectivity index (χ2v) is 9.31. The lowest BCUT2D eigenvalue weighted by Crippen LogP contribution is -2.24. The molecular formula is C20H22Cl2N2O3S. The number of nitrogens with one attached hydrogen (secondary N) is 2. The van der Waals surface area contributed by atoms with Crippen LogP contribution >= 0.6 is 35.1 Å². The SMILES string of the molecule is CC(C)(O)c1cc(SNC(=O)Nc2c3c(c(Cl)c4c2CCC4)CCC3)oc1Cl. The summed E-state index contributed by atoms with van der Waals surface area (Å²) in [5.41, 5.74) is 5.03. The van der Waals surface area contributed by atoms with Gasteiger partial charge in [0.15, 0.2) is 5.09 Å². The van der Waals surface area contributed by atoms with E-state index in [0.717, 1.165) is 61.2 Å². The quantitative estimate of drug-likeness (QED) is 0.539. The van der Waals surface area contributed by atoms with Crippen LogP contribution in [0.2, 0.25) is 10.2 Å². The second kappa shape index (κ2) is 7.48. The number of hydrogen-bond acceptors (Lipinski definition) is 4.